The molecule has 1 aliphatic rings. The Labute approximate surface area is 90.6 Å². The van der Waals surface area contributed by atoms with Crippen molar-refractivity contribution in [1.82, 2.24) is 0 Å². The Morgan fingerprint density at radius 2 is 1.93 bits per heavy atom. The van der Waals surface area contributed by atoms with E-state index in [1.54, 1.807) is 6.92 Å². The van der Waals surface area contributed by atoms with Crippen molar-refractivity contribution in [3.8, 4) is 0 Å². The zero-order chi connectivity index (χ0) is 11.5. The highest BCUT2D eigenvalue weighted by Gasteiger charge is 2.38. The van der Waals surface area contributed by atoms with Crippen molar-refractivity contribution in [2.75, 3.05) is 5.75 Å². The number of rotatable bonds is 4. The molecule has 1 saturated carbocycles. The summed E-state index contributed by atoms with van der Waals surface area (Å²) in [6.07, 6.45) is 3.24. The van der Waals surface area contributed by atoms with Gasteiger partial charge in [-0.1, -0.05) is 19.8 Å². The van der Waals surface area contributed by atoms with Crippen LogP contribution < -0.4 is 0 Å². The minimum absolute atomic E-state index is 0.113. The summed E-state index contributed by atoms with van der Waals surface area (Å²) in [5.74, 6) is -1.53. The topological polar surface area (TPSA) is 71.4 Å². The fraction of sp³-hybridized carbons (Fsp3) is 0.900. The van der Waals surface area contributed by atoms with Crippen LogP contribution in [0.3, 0.4) is 0 Å². The average molecular weight is 234 g/mol. The zero-order valence-corrected chi connectivity index (χ0v) is 9.79. The summed E-state index contributed by atoms with van der Waals surface area (Å²) in [4.78, 5) is 11.0. The van der Waals surface area contributed by atoms with Crippen molar-refractivity contribution < 1.29 is 18.3 Å². The van der Waals surface area contributed by atoms with E-state index in [9.17, 15) is 13.2 Å². The lowest BCUT2D eigenvalue weighted by atomic mass is 9.89. The van der Waals surface area contributed by atoms with E-state index < -0.39 is 27.0 Å². The van der Waals surface area contributed by atoms with Crippen molar-refractivity contribution in [2.45, 2.75) is 44.3 Å². The molecule has 2 unspecified atom stereocenters. The maximum atomic E-state index is 11.8. The van der Waals surface area contributed by atoms with Gasteiger partial charge in [-0.3, -0.25) is 4.79 Å². The van der Waals surface area contributed by atoms with Crippen molar-refractivity contribution >= 4 is 15.8 Å². The molecule has 1 fully saturated rings. The summed E-state index contributed by atoms with van der Waals surface area (Å²) in [6.45, 7) is 1.80. The molecule has 1 rings (SSSR count). The molecule has 0 bridgehead atoms. The number of carboxylic acids is 1. The quantitative estimate of drug-likeness (QED) is 0.799. The number of hydrogen-bond donors (Lipinski definition) is 1. The third-order valence-corrected chi connectivity index (χ3v) is 5.43. The van der Waals surface area contributed by atoms with Gasteiger partial charge in [0.2, 0.25) is 0 Å². The van der Waals surface area contributed by atoms with E-state index in [2.05, 4.69) is 0 Å². The Bertz CT molecular complexity index is 320. The molecule has 1 N–H and O–H groups in total. The molecule has 0 radical (unpaired) electrons. The SMILES string of the molecule is CCCS(=O)(=O)C1CCCCC1C(=O)O. The number of carboxylic acid groups (broad SMARTS) is 1. The summed E-state index contributed by atoms with van der Waals surface area (Å²) >= 11 is 0. The van der Waals surface area contributed by atoms with Crippen LogP contribution in [0.15, 0.2) is 0 Å². The minimum atomic E-state index is -3.21. The Hall–Kier alpha value is -0.580. The second kappa shape index (κ2) is 4.96. The lowest BCUT2D eigenvalue weighted by molar-refractivity contribution is -0.142. The van der Waals surface area contributed by atoms with Gasteiger partial charge in [0.05, 0.1) is 16.9 Å². The first-order valence-electron chi connectivity index (χ1n) is 5.43. The van der Waals surface area contributed by atoms with Crippen LogP contribution >= 0.6 is 0 Å². The fourth-order valence-corrected chi connectivity index (χ4v) is 4.40. The minimum Gasteiger partial charge on any atom is -0.481 e. The number of aliphatic carboxylic acids is 1. The van der Waals surface area contributed by atoms with Crippen LogP contribution in [0.1, 0.15) is 39.0 Å². The first-order chi connectivity index (χ1) is 6.99. The molecule has 0 spiro atoms. The van der Waals surface area contributed by atoms with Crippen LogP contribution in [0.2, 0.25) is 0 Å². The predicted octanol–water partition coefficient (Wildman–Crippen LogP) is 1.45. The number of hydrogen-bond acceptors (Lipinski definition) is 3. The highest BCUT2D eigenvalue weighted by atomic mass is 32.2. The molecule has 0 amide bonds. The van der Waals surface area contributed by atoms with Crippen LogP contribution in [0.4, 0.5) is 0 Å². The van der Waals surface area contributed by atoms with Gasteiger partial charge in [0.15, 0.2) is 9.84 Å². The average Bonchev–Trinajstić information content (AvgIpc) is 2.17. The van der Waals surface area contributed by atoms with Crippen molar-refractivity contribution in [1.29, 1.82) is 0 Å². The lowest BCUT2D eigenvalue weighted by Gasteiger charge is -2.28. The van der Waals surface area contributed by atoms with Gasteiger partial charge in [-0.05, 0) is 19.3 Å². The smallest absolute Gasteiger partial charge is 0.307 e. The van der Waals surface area contributed by atoms with Gasteiger partial charge in [-0.25, -0.2) is 8.42 Å². The monoisotopic (exact) mass is 234 g/mol. The van der Waals surface area contributed by atoms with Crippen molar-refractivity contribution in [3.63, 3.8) is 0 Å². The third kappa shape index (κ3) is 2.93. The molecule has 0 aromatic carbocycles. The summed E-state index contributed by atoms with van der Waals surface area (Å²) in [5, 5.41) is 8.33. The maximum Gasteiger partial charge on any atom is 0.307 e. The van der Waals surface area contributed by atoms with E-state index in [-0.39, 0.29) is 5.75 Å². The molecule has 5 heteroatoms. The van der Waals surface area contributed by atoms with E-state index in [4.69, 9.17) is 5.11 Å². The lowest BCUT2D eigenvalue weighted by Crippen LogP contribution is -2.38. The standard InChI is InChI=1S/C10H18O4S/c1-2-7-15(13,14)9-6-4-3-5-8(9)10(11)12/h8-9H,2-7H2,1H3,(H,11,12). The van der Waals surface area contributed by atoms with Gasteiger partial charge in [-0.2, -0.15) is 0 Å². The molecule has 0 aromatic heterocycles. The molecule has 0 saturated heterocycles. The van der Waals surface area contributed by atoms with Gasteiger partial charge >= 0.3 is 5.97 Å². The second-order valence-corrected chi connectivity index (χ2v) is 6.47. The Morgan fingerprint density at radius 1 is 1.33 bits per heavy atom. The van der Waals surface area contributed by atoms with Gasteiger partial charge < -0.3 is 5.11 Å². The highest BCUT2D eigenvalue weighted by molar-refractivity contribution is 7.92. The molecule has 0 aliphatic heterocycles. The predicted molar refractivity (Wildman–Crippen MR) is 57.5 cm³/mol. The molecule has 4 nitrogen and oxygen atoms in total. The van der Waals surface area contributed by atoms with Gasteiger partial charge in [0.25, 0.3) is 0 Å². The Morgan fingerprint density at radius 3 is 2.47 bits per heavy atom. The number of carbonyl (C=O) groups is 1. The van der Waals surface area contributed by atoms with E-state index in [0.717, 1.165) is 12.8 Å². The zero-order valence-electron chi connectivity index (χ0n) is 8.98. The van der Waals surface area contributed by atoms with Gasteiger partial charge in [0.1, 0.15) is 0 Å². The summed E-state index contributed by atoms with van der Waals surface area (Å²) < 4.78 is 23.7. The largest absolute Gasteiger partial charge is 0.481 e. The molecule has 2 atom stereocenters. The van der Waals surface area contributed by atoms with E-state index >= 15 is 0 Å². The first kappa shape index (κ1) is 12.5. The van der Waals surface area contributed by atoms with Gasteiger partial charge in [0, 0.05) is 0 Å². The van der Waals surface area contributed by atoms with E-state index in [1.807, 2.05) is 0 Å². The van der Waals surface area contributed by atoms with E-state index in [0.29, 0.717) is 19.3 Å². The molecule has 15 heavy (non-hydrogen) atoms. The highest BCUT2D eigenvalue weighted by Crippen LogP contribution is 2.30. The Balaban J connectivity index is 2.85. The maximum absolute atomic E-state index is 11.8. The molecule has 1 aliphatic carbocycles. The second-order valence-electron chi connectivity index (χ2n) is 4.13. The van der Waals surface area contributed by atoms with Crippen LogP contribution in [0.25, 0.3) is 0 Å². The normalized spacial score (nSPS) is 27.5. The molecule has 88 valence electrons. The molecular formula is C10H18O4S. The summed E-state index contributed by atoms with van der Waals surface area (Å²) in [5.41, 5.74) is 0. The first-order valence-corrected chi connectivity index (χ1v) is 7.15. The summed E-state index contributed by atoms with van der Waals surface area (Å²) in [6, 6.07) is 0. The molecule has 0 heterocycles. The van der Waals surface area contributed by atoms with Crippen LogP contribution in [-0.2, 0) is 14.6 Å². The number of sulfone groups is 1. The van der Waals surface area contributed by atoms with Crippen molar-refractivity contribution in [3.05, 3.63) is 0 Å². The summed E-state index contributed by atoms with van der Waals surface area (Å²) in [7, 11) is -3.21. The molecule has 0 aromatic rings. The fourth-order valence-electron chi connectivity index (χ4n) is 2.25. The Kier molecular flexibility index (Phi) is 4.13. The van der Waals surface area contributed by atoms with Crippen LogP contribution in [0.5, 0.6) is 0 Å². The van der Waals surface area contributed by atoms with Crippen molar-refractivity contribution in [2.24, 2.45) is 5.92 Å². The van der Waals surface area contributed by atoms with E-state index in [1.165, 1.54) is 0 Å². The molecular weight excluding hydrogens is 216 g/mol. The van der Waals surface area contributed by atoms with Crippen LogP contribution in [-0.4, -0.2) is 30.5 Å². The van der Waals surface area contributed by atoms with Crippen LogP contribution in [0, 0.1) is 5.92 Å². The van der Waals surface area contributed by atoms with Gasteiger partial charge in [-0.15, -0.1) is 0 Å². The third-order valence-electron chi connectivity index (χ3n) is 2.97.